The molecule has 0 amide bonds. The zero-order valence-electron chi connectivity index (χ0n) is 11.1. The predicted molar refractivity (Wildman–Crippen MR) is 83.2 cm³/mol. The van der Waals surface area contributed by atoms with E-state index in [0.29, 0.717) is 10.6 Å². The van der Waals surface area contributed by atoms with Crippen LogP contribution in [0.2, 0.25) is 5.02 Å². The minimum absolute atomic E-state index is 0.363. The third-order valence-electron chi connectivity index (χ3n) is 2.77. The summed E-state index contributed by atoms with van der Waals surface area (Å²) in [5.41, 5.74) is 1.77. The van der Waals surface area contributed by atoms with Crippen molar-refractivity contribution in [2.45, 2.75) is 24.7 Å². The van der Waals surface area contributed by atoms with E-state index >= 15 is 0 Å². The summed E-state index contributed by atoms with van der Waals surface area (Å²) in [5.74, 6) is -0.363. The van der Waals surface area contributed by atoms with Crippen LogP contribution in [0.15, 0.2) is 53.4 Å². The summed E-state index contributed by atoms with van der Waals surface area (Å²) in [6.07, 6.45) is 2.11. The van der Waals surface area contributed by atoms with Crippen LogP contribution in [-0.2, 0) is 10.6 Å². The summed E-state index contributed by atoms with van der Waals surface area (Å²) in [4.78, 5) is 12.6. The van der Waals surface area contributed by atoms with Crippen LogP contribution < -0.4 is 0 Å². The lowest BCUT2D eigenvalue weighted by molar-refractivity contribution is 0.0768. The van der Waals surface area contributed by atoms with Gasteiger partial charge in [-0.25, -0.2) is 4.79 Å². The van der Waals surface area contributed by atoms with Crippen LogP contribution in [0.4, 0.5) is 0 Å². The summed E-state index contributed by atoms with van der Waals surface area (Å²) in [7, 11) is 0. The molecule has 0 spiro atoms. The van der Waals surface area contributed by atoms with E-state index in [9.17, 15) is 4.79 Å². The molecule has 0 atom stereocenters. The predicted octanol–water partition coefficient (Wildman–Crippen LogP) is 5.16. The molecule has 0 radical (unpaired) electrons. The van der Waals surface area contributed by atoms with Crippen LogP contribution in [0.3, 0.4) is 0 Å². The van der Waals surface area contributed by atoms with Gasteiger partial charge in [0, 0.05) is 0 Å². The highest BCUT2D eigenvalue weighted by Gasteiger charge is 2.09. The van der Waals surface area contributed by atoms with E-state index in [1.54, 1.807) is 18.2 Å². The lowest BCUT2D eigenvalue weighted by Crippen LogP contribution is -2.00. The highest BCUT2D eigenvalue weighted by atomic mass is 35.5. The summed E-state index contributed by atoms with van der Waals surface area (Å²) in [6.45, 7) is 2.13. The van der Waals surface area contributed by atoms with E-state index < -0.39 is 0 Å². The Morgan fingerprint density at radius 3 is 2.50 bits per heavy atom. The summed E-state index contributed by atoms with van der Waals surface area (Å²) < 4.78 is 5.19. The molecule has 0 aliphatic carbocycles. The molecule has 4 heteroatoms. The van der Waals surface area contributed by atoms with Crippen molar-refractivity contribution >= 4 is 29.6 Å². The Hall–Kier alpha value is -1.45. The Kier molecular flexibility index (Phi) is 5.50. The topological polar surface area (TPSA) is 26.3 Å². The van der Waals surface area contributed by atoms with Gasteiger partial charge in [-0.05, 0) is 36.2 Å². The average molecular weight is 307 g/mol. The number of carbonyl (C=O) groups excluding carboxylic acids is 1. The molecule has 2 rings (SSSR count). The standard InChI is InChI=1S/C16H15ClO2S/c1-2-5-12-8-10-13(11-9-12)16(18)19-20-15-7-4-3-6-14(15)17/h3-4,6-11H,2,5H2,1H3. The molecule has 2 aromatic carbocycles. The van der Waals surface area contributed by atoms with Crippen molar-refractivity contribution in [2.24, 2.45) is 0 Å². The highest BCUT2D eigenvalue weighted by Crippen LogP contribution is 2.28. The smallest absolute Gasteiger partial charge is 0.350 e. The van der Waals surface area contributed by atoms with Crippen LogP contribution in [0, 0.1) is 0 Å². The number of halogens is 1. The zero-order chi connectivity index (χ0) is 14.4. The summed E-state index contributed by atoms with van der Waals surface area (Å²) >= 11 is 6.98. The quantitative estimate of drug-likeness (QED) is 0.714. The third-order valence-corrected chi connectivity index (χ3v) is 3.98. The van der Waals surface area contributed by atoms with E-state index in [4.69, 9.17) is 15.8 Å². The van der Waals surface area contributed by atoms with Gasteiger partial charge in [0.1, 0.15) is 0 Å². The fraction of sp³-hybridized carbons (Fsp3) is 0.188. The Balaban J connectivity index is 1.96. The van der Waals surface area contributed by atoms with Gasteiger partial charge in [-0.3, -0.25) is 0 Å². The average Bonchev–Trinajstić information content (AvgIpc) is 2.47. The molecule has 0 saturated carbocycles. The maximum atomic E-state index is 11.9. The van der Waals surface area contributed by atoms with E-state index in [1.165, 1.54) is 5.56 Å². The molecule has 104 valence electrons. The van der Waals surface area contributed by atoms with Gasteiger partial charge in [0.05, 0.1) is 27.5 Å². The van der Waals surface area contributed by atoms with Crippen molar-refractivity contribution < 1.29 is 8.98 Å². The largest absolute Gasteiger partial charge is 0.382 e. The SMILES string of the molecule is CCCc1ccc(C(=O)OSc2ccccc2Cl)cc1. The number of benzene rings is 2. The van der Waals surface area contributed by atoms with Gasteiger partial charge in [0.25, 0.3) is 0 Å². The molecule has 2 nitrogen and oxygen atoms in total. The van der Waals surface area contributed by atoms with Crippen molar-refractivity contribution in [2.75, 3.05) is 0 Å². The molecule has 0 fully saturated rings. The monoisotopic (exact) mass is 306 g/mol. The Bertz CT molecular complexity index is 581. The lowest BCUT2D eigenvalue weighted by Gasteiger charge is -2.05. The molecule has 0 aliphatic rings. The van der Waals surface area contributed by atoms with Crippen LogP contribution in [0.1, 0.15) is 29.3 Å². The van der Waals surface area contributed by atoms with Gasteiger partial charge < -0.3 is 4.18 Å². The summed E-state index contributed by atoms with van der Waals surface area (Å²) in [5, 5.41) is 0.573. The molecule has 2 aromatic rings. The minimum atomic E-state index is -0.363. The fourth-order valence-corrected chi connectivity index (χ4v) is 2.51. The molecule has 0 aliphatic heterocycles. The zero-order valence-corrected chi connectivity index (χ0v) is 12.7. The minimum Gasteiger partial charge on any atom is -0.382 e. The Morgan fingerprint density at radius 2 is 1.85 bits per heavy atom. The van der Waals surface area contributed by atoms with E-state index in [0.717, 1.165) is 29.8 Å². The van der Waals surface area contributed by atoms with E-state index in [1.807, 2.05) is 30.3 Å². The molecule has 0 unspecified atom stereocenters. The number of rotatable bonds is 5. The normalized spacial score (nSPS) is 10.3. The van der Waals surface area contributed by atoms with Crippen LogP contribution in [0.5, 0.6) is 0 Å². The summed E-state index contributed by atoms with van der Waals surface area (Å²) in [6, 6.07) is 14.8. The van der Waals surface area contributed by atoms with Gasteiger partial charge in [-0.2, -0.15) is 0 Å². The van der Waals surface area contributed by atoms with Gasteiger partial charge in [-0.1, -0.05) is 49.2 Å². The molecule has 20 heavy (non-hydrogen) atoms. The van der Waals surface area contributed by atoms with Crippen LogP contribution in [0.25, 0.3) is 0 Å². The second-order valence-electron chi connectivity index (χ2n) is 4.33. The molecule has 0 bridgehead atoms. The number of hydrogen-bond acceptors (Lipinski definition) is 3. The second-order valence-corrected chi connectivity index (χ2v) is 5.51. The van der Waals surface area contributed by atoms with Crippen molar-refractivity contribution in [3.8, 4) is 0 Å². The first kappa shape index (κ1) is 14.9. The first-order chi connectivity index (χ1) is 9.70. The van der Waals surface area contributed by atoms with E-state index in [-0.39, 0.29) is 5.97 Å². The Labute approximate surface area is 128 Å². The Morgan fingerprint density at radius 1 is 1.15 bits per heavy atom. The van der Waals surface area contributed by atoms with Gasteiger partial charge in [-0.15, -0.1) is 0 Å². The van der Waals surface area contributed by atoms with Gasteiger partial charge in [0.15, 0.2) is 0 Å². The molecule has 0 heterocycles. The van der Waals surface area contributed by atoms with Crippen molar-refractivity contribution in [1.29, 1.82) is 0 Å². The molecular formula is C16H15ClO2S. The van der Waals surface area contributed by atoms with Crippen molar-refractivity contribution in [1.82, 2.24) is 0 Å². The lowest BCUT2D eigenvalue weighted by atomic mass is 10.1. The van der Waals surface area contributed by atoms with Crippen LogP contribution >= 0.6 is 23.6 Å². The second kappa shape index (κ2) is 7.36. The van der Waals surface area contributed by atoms with Crippen molar-refractivity contribution in [3.05, 3.63) is 64.7 Å². The number of carbonyl (C=O) groups is 1. The maximum absolute atomic E-state index is 11.9. The molecule has 0 aromatic heterocycles. The highest BCUT2D eigenvalue weighted by molar-refractivity contribution is 7.95. The van der Waals surface area contributed by atoms with Crippen LogP contribution in [-0.4, -0.2) is 5.97 Å². The van der Waals surface area contributed by atoms with E-state index in [2.05, 4.69) is 6.92 Å². The first-order valence-corrected chi connectivity index (χ1v) is 7.55. The third kappa shape index (κ3) is 4.02. The number of hydrogen-bond donors (Lipinski definition) is 0. The molecule has 0 saturated heterocycles. The fourth-order valence-electron chi connectivity index (χ4n) is 1.74. The maximum Gasteiger partial charge on any atom is 0.350 e. The number of aryl methyl sites for hydroxylation is 1. The van der Waals surface area contributed by atoms with Crippen molar-refractivity contribution in [3.63, 3.8) is 0 Å². The first-order valence-electron chi connectivity index (χ1n) is 6.43. The molecular weight excluding hydrogens is 292 g/mol. The van der Waals surface area contributed by atoms with Gasteiger partial charge >= 0.3 is 5.97 Å². The molecule has 0 N–H and O–H groups in total. The van der Waals surface area contributed by atoms with Gasteiger partial charge in [0.2, 0.25) is 0 Å².